The summed E-state index contributed by atoms with van der Waals surface area (Å²) in [4.78, 5) is 0. The summed E-state index contributed by atoms with van der Waals surface area (Å²) < 4.78 is 0. The maximum Gasteiger partial charge on any atom is 0.00683 e. The van der Waals surface area contributed by atoms with Crippen LogP contribution in [0.5, 0.6) is 0 Å². The Bertz CT molecular complexity index is 153. The summed E-state index contributed by atoms with van der Waals surface area (Å²) in [6.07, 6.45) is 7.23. The second-order valence-electron chi connectivity index (χ2n) is 5.23. The van der Waals surface area contributed by atoms with Crippen molar-refractivity contribution in [3.63, 3.8) is 0 Å². The highest BCUT2D eigenvalue weighted by molar-refractivity contribution is 4.85. The minimum absolute atomic E-state index is 0.890. The van der Waals surface area contributed by atoms with Gasteiger partial charge in [0.25, 0.3) is 0 Å². The Labute approximate surface area is 82.3 Å². The largest absolute Gasteiger partial charge is 0.314 e. The lowest BCUT2D eigenvalue weighted by Crippen LogP contribution is -2.35. The van der Waals surface area contributed by atoms with Crippen LogP contribution < -0.4 is 5.32 Å². The van der Waals surface area contributed by atoms with Crippen molar-refractivity contribution in [2.75, 3.05) is 6.54 Å². The molecule has 0 radical (unpaired) electrons. The average molecular weight is 181 g/mol. The van der Waals surface area contributed by atoms with Crippen molar-refractivity contribution < 1.29 is 0 Å². The van der Waals surface area contributed by atoms with Gasteiger partial charge in [-0.1, -0.05) is 33.1 Å². The van der Waals surface area contributed by atoms with Gasteiger partial charge in [-0.25, -0.2) is 0 Å². The van der Waals surface area contributed by atoms with Gasteiger partial charge in [-0.2, -0.15) is 0 Å². The molecule has 1 heteroatoms. The lowest BCUT2D eigenvalue weighted by Gasteiger charge is -2.34. The number of hydrogen-bond acceptors (Lipinski definition) is 1. The van der Waals surface area contributed by atoms with E-state index in [1.165, 1.54) is 38.6 Å². The van der Waals surface area contributed by atoms with E-state index in [0.717, 1.165) is 23.8 Å². The van der Waals surface area contributed by atoms with Crippen LogP contribution in [0.25, 0.3) is 0 Å². The van der Waals surface area contributed by atoms with E-state index in [2.05, 4.69) is 19.2 Å². The van der Waals surface area contributed by atoms with E-state index >= 15 is 0 Å². The summed E-state index contributed by atoms with van der Waals surface area (Å²) in [5, 5.41) is 3.69. The van der Waals surface area contributed by atoms with E-state index in [9.17, 15) is 0 Å². The third-order valence-corrected chi connectivity index (χ3v) is 4.00. The summed E-state index contributed by atoms with van der Waals surface area (Å²) in [6, 6.07) is 0.890. The molecule has 0 aromatic heterocycles. The van der Waals surface area contributed by atoms with Crippen molar-refractivity contribution in [3.05, 3.63) is 0 Å². The molecule has 2 rings (SSSR count). The molecule has 2 unspecified atom stereocenters. The highest BCUT2D eigenvalue weighted by Crippen LogP contribution is 2.34. The van der Waals surface area contributed by atoms with E-state index in [4.69, 9.17) is 0 Å². The molecule has 0 bridgehead atoms. The topological polar surface area (TPSA) is 12.0 Å². The predicted molar refractivity (Wildman–Crippen MR) is 56.7 cm³/mol. The summed E-state index contributed by atoms with van der Waals surface area (Å²) >= 11 is 0. The lowest BCUT2D eigenvalue weighted by atomic mass is 9.73. The Morgan fingerprint density at radius 3 is 2.15 bits per heavy atom. The standard InChI is InChI=1S/C12H23N/c1-9-4-3-5-10(2)12(9)8-13-11-6-7-11/h9-13H,3-8H2,1-2H3. The zero-order valence-electron chi connectivity index (χ0n) is 9.05. The van der Waals surface area contributed by atoms with Gasteiger partial charge in [0.15, 0.2) is 0 Å². The molecule has 0 aliphatic heterocycles. The van der Waals surface area contributed by atoms with Crippen molar-refractivity contribution in [1.82, 2.24) is 5.32 Å². The molecule has 2 aliphatic rings. The highest BCUT2D eigenvalue weighted by Gasteiger charge is 2.29. The Morgan fingerprint density at radius 2 is 1.62 bits per heavy atom. The Balaban J connectivity index is 1.78. The van der Waals surface area contributed by atoms with Crippen LogP contribution in [0.4, 0.5) is 0 Å². The fourth-order valence-electron chi connectivity index (χ4n) is 2.74. The van der Waals surface area contributed by atoms with Crippen LogP contribution >= 0.6 is 0 Å². The van der Waals surface area contributed by atoms with Gasteiger partial charge in [-0.05, 0) is 37.1 Å². The molecule has 2 fully saturated rings. The average Bonchev–Trinajstić information content (AvgIpc) is 2.87. The normalized spacial score (nSPS) is 40.6. The van der Waals surface area contributed by atoms with Gasteiger partial charge < -0.3 is 5.32 Å². The van der Waals surface area contributed by atoms with Crippen LogP contribution in [0.15, 0.2) is 0 Å². The first kappa shape index (κ1) is 9.51. The first-order valence-electron chi connectivity index (χ1n) is 6.00. The second-order valence-corrected chi connectivity index (χ2v) is 5.23. The molecule has 0 aromatic rings. The van der Waals surface area contributed by atoms with E-state index in [0.29, 0.717) is 0 Å². The minimum Gasteiger partial charge on any atom is -0.314 e. The van der Waals surface area contributed by atoms with Crippen LogP contribution in [0.2, 0.25) is 0 Å². The fourth-order valence-corrected chi connectivity index (χ4v) is 2.74. The van der Waals surface area contributed by atoms with Crippen LogP contribution in [-0.4, -0.2) is 12.6 Å². The molecule has 0 spiro atoms. The molecule has 1 nitrogen and oxygen atoms in total. The van der Waals surface area contributed by atoms with Crippen LogP contribution in [-0.2, 0) is 0 Å². The maximum absolute atomic E-state index is 3.69. The lowest BCUT2D eigenvalue weighted by molar-refractivity contribution is 0.174. The van der Waals surface area contributed by atoms with E-state index in [-0.39, 0.29) is 0 Å². The fraction of sp³-hybridized carbons (Fsp3) is 1.00. The molecule has 0 aromatic carbocycles. The first-order valence-corrected chi connectivity index (χ1v) is 6.00. The summed E-state index contributed by atoms with van der Waals surface area (Å²) in [5.41, 5.74) is 0. The molecule has 0 amide bonds. The molecule has 0 heterocycles. The smallest absolute Gasteiger partial charge is 0.00683 e. The molecule has 2 atom stereocenters. The van der Waals surface area contributed by atoms with Gasteiger partial charge >= 0.3 is 0 Å². The molecular weight excluding hydrogens is 158 g/mol. The first-order chi connectivity index (χ1) is 6.27. The monoisotopic (exact) mass is 181 g/mol. The molecule has 0 saturated heterocycles. The zero-order chi connectivity index (χ0) is 9.26. The second kappa shape index (κ2) is 4.00. The summed E-state index contributed by atoms with van der Waals surface area (Å²) in [5.74, 6) is 2.86. The van der Waals surface area contributed by atoms with Gasteiger partial charge in [0.1, 0.15) is 0 Å². The van der Waals surface area contributed by atoms with Gasteiger partial charge in [0.2, 0.25) is 0 Å². The molecule has 13 heavy (non-hydrogen) atoms. The van der Waals surface area contributed by atoms with Crippen LogP contribution in [0, 0.1) is 17.8 Å². The van der Waals surface area contributed by atoms with Crippen molar-refractivity contribution in [2.45, 2.75) is 52.0 Å². The van der Waals surface area contributed by atoms with Crippen molar-refractivity contribution in [3.8, 4) is 0 Å². The maximum atomic E-state index is 3.69. The summed E-state index contributed by atoms with van der Waals surface area (Å²) in [6.45, 7) is 6.16. The molecule has 2 aliphatic carbocycles. The van der Waals surface area contributed by atoms with Crippen molar-refractivity contribution >= 4 is 0 Å². The quantitative estimate of drug-likeness (QED) is 0.706. The minimum atomic E-state index is 0.890. The highest BCUT2D eigenvalue weighted by atomic mass is 14.9. The van der Waals surface area contributed by atoms with Crippen molar-refractivity contribution in [1.29, 1.82) is 0 Å². The van der Waals surface area contributed by atoms with E-state index in [1.54, 1.807) is 0 Å². The van der Waals surface area contributed by atoms with Crippen molar-refractivity contribution in [2.24, 2.45) is 17.8 Å². The van der Waals surface area contributed by atoms with Crippen LogP contribution in [0.3, 0.4) is 0 Å². The Hall–Kier alpha value is -0.0400. The molecule has 76 valence electrons. The third kappa shape index (κ3) is 2.46. The Morgan fingerprint density at radius 1 is 1.00 bits per heavy atom. The number of rotatable bonds is 3. The predicted octanol–water partition coefficient (Wildman–Crippen LogP) is 2.81. The number of hydrogen-bond donors (Lipinski definition) is 1. The molecule has 1 N–H and O–H groups in total. The zero-order valence-corrected chi connectivity index (χ0v) is 9.05. The van der Waals surface area contributed by atoms with Gasteiger partial charge in [0, 0.05) is 6.04 Å². The van der Waals surface area contributed by atoms with E-state index < -0.39 is 0 Å². The number of nitrogens with one attached hydrogen (secondary N) is 1. The van der Waals surface area contributed by atoms with Gasteiger partial charge in [0.05, 0.1) is 0 Å². The molecule has 2 saturated carbocycles. The Kier molecular flexibility index (Phi) is 2.92. The molecular formula is C12H23N. The third-order valence-electron chi connectivity index (χ3n) is 4.00. The van der Waals surface area contributed by atoms with Gasteiger partial charge in [-0.15, -0.1) is 0 Å². The summed E-state index contributed by atoms with van der Waals surface area (Å²) in [7, 11) is 0. The van der Waals surface area contributed by atoms with Crippen LogP contribution in [0.1, 0.15) is 46.0 Å². The van der Waals surface area contributed by atoms with E-state index in [1.807, 2.05) is 0 Å². The van der Waals surface area contributed by atoms with Gasteiger partial charge in [-0.3, -0.25) is 0 Å². The SMILES string of the molecule is CC1CCCC(C)C1CNC1CC1.